The summed E-state index contributed by atoms with van der Waals surface area (Å²) in [5.74, 6) is -0.556. The third kappa shape index (κ3) is 4.22. The quantitative estimate of drug-likeness (QED) is 0.409. The molecular weight excluding hydrogens is 406 g/mol. The summed E-state index contributed by atoms with van der Waals surface area (Å²) in [4.78, 5) is 20.5. The lowest BCUT2D eigenvalue weighted by atomic mass is 9.90. The van der Waals surface area contributed by atoms with Crippen LogP contribution in [-0.2, 0) is 13.0 Å². The van der Waals surface area contributed by atoms with Crippen molar-refractivity contribution >= 4 is 28.2 Å². The molecule has 2 heterocycles. The topological polar surface area (TPSA) is 89.1 Å². The Balaban J connectivity index is 1.99. The van der Waals surface area contributed by atoms with Gasteiger partial charge in [0, 0.05) is 28.6 Å². The van der Waals surface area contributed by atoms with Gasteiger partial charge in [-0.15, -0.1) is 11.3 Å². The van der Waals surface area contributed by atoms with E-state index in [1.54, 1.807) is 5.38 Å². The van der Waals surface area contributed by atoms with Gasteiger partial charge in [0.05, 0.1) is 5.52 Å². The number of rotatable bonds is 6. The van der Waals surface area contributed by atoms with Crippen LogP contribution in [0.3, 0.4) is 0 Å². The van der Waals surface area contributed by atoms with E-state index in [1.807, 2.05) is 12.1 Å². The predicted molar refractivity (Wildman–Crippen MR) is 126 cm³/mol. The zero-order chi connectivity index (χ0) is 22.1. The first kappa shape index (κ1) is 21.2. The van der Waals surface area contributed by atoms with Crippen molar-refractivity contribution < 1.29 is 9.90 Å². The van der Waals surface area contributed by atoms with Crippen LogP contribution in [0.25, 0.3) is 32.6 Å². The van der Waals surface area contributed by atoms with Gasteiger partial charge in [-0.25, -0.2) is 9.78 Å². The van der Waals surface area contributed by atoms with Crippen LogP contribution in [-0.4, -0.2) is 21.0 Å². The van der Waals surface area contributed by atoms with Gasteiger partial charge >= 0.3 is 5.97 Å². The van der Waals surface area contributed by atoms with E-state index in [9.17, 15) is 9.90 Å². The average molecular weight is 432 g/mol. The Labute approximate surface area is 185 Å². The normalized spacial score (nSPS) is 11.4. The number of hydrogen-bond acceptors (Lipinski definition) is 5. The van der Waals surface area contributed by atoms with Crippen molar-refractivity contribution in [3.8, 4) is 21.7 Å². The highest BCUT2D eigenvalue weighted by Crippen LogP contribution is 2.36. The summed E-state index contributed by atoms with van der Waals surface area (Å²) in [5, 5.41) is 12.5. The van der Waals surface area contributed by atoms with E-state index < -0.39 is 5.97 Å². The fourth-order valence-corrected chi connectivity index (χ4v) is 4.61. The first-order valence-electron chi connectivity index (χ1n) is 10.3. The molecule has 0 aliphatic carbocycles. The van der Waals surface area contributed by atoms with Crippen LogP contribution in [0.2, 0.25) is 0 Å². The predicted octanol–water partition coefficient (Wildman–Crippen LogP) is 5.69. The Morgan fingerprint density at radius 3 is 2.42 bits per heavy atom. The highest BCUT2D eigenvalue weighted by molar-refractivity contribution is 7.13. The van der Waals surface area contributed by atoms with Crippen molar-refractivity contribution in [1.82, 2.24) is 9.97 Å². The third-order valence-corrected chi connectivity index (χ3v) is 6.18. The Kier molecular flexibility index (Phi) is 5.85. The van der Waals surface area contributed by atoms with Crippen LogP contribution >= 0.6 is 11.3 Å². The maximum absolute atomic E-state index is 11.3. The number of thiazole rings is 1. The molecule has 0 amide bonds. The lowest BCUT2D eigenvalue weighted by molar-refractivity contribution is 0.0691. The Morgan fingerprint density at radius 2 is 1.81 bits per heavy atom. The van der Waals surface area contributed by atoms with Crippen LogP contribution in [0.1, 0.15) is 41.2 Å². The summed E-state index contributed by atoms with van der Waals surface area (Å²) in [5.41, 5.74) is 13.6. The summed E-state index contributed by atoms with van der Waals surface area (Å²) < 4.78 is 0. The fourth-order valence-electron chi connectivity index (χ4n) is 3.82. The van der Waals surface area contributed by atoms with E-state index in [2.05, 4.69) is 56.1 Å². The zero-order valence-corrected chi connectivity index (χ0v) is 18.7. The highest BCUT2D eigenvalue weighted by Gasteiger charge is 2.18. The largest absolute Gasteiger partial charge is 0.476 e. The minimum Gasteiger partial charge on any atom is -0.476 e. The van der Waals surface area contributed by atoms with Crippen molar-refractivity contribution in [3.05, 3.63) is 70.4 Å². The van der Waals surface area contributed by atoms with E-state index in [-0.39, 0.29) is 5.69 Å². The number of fused-ring (bicyclic) bond motifs is 1. The highest BCUT2D eigenvalue weighted by atomic mass is 32.1. The number of pyridine rings is 1. The Morgan fingerprint density at radius 1 is 1.10 bits per heavy atom. The van der Waals surface area contributed by atoms with Gasteiger partial charge in [-0.3, -0.25) is 4.98 Å². The fraction of sp³-hybridized carbons (Fsp3) is 0.240. The molecule has 0 fully saturated rings. The van der Waals surface area contributed by atoms with Gasteiger partial charge in [0.1, 0.15) is 5.01 Å². The number of carboxylic acids is 1. The van der Waals surface area contributed by atoms with Gasteiger partial charge in [-0.05, 0) is 54.2 Å². The number of carbonyl (C=O) groups is 1. The summed E-state index contributed by atoms with van der Waals surface area (Å²) >= 11 is 1.33. The van der Waals surface area contributed by atoms with Gasteiger partial charge < -0.3 is 10.8 Å². The molecule has 0 radical (unpaired) electrons. The summed E-state index contributed by atoms with van der Waals surface area (Å²) in [6.07, 6.45) is 0.859. The maximum atomic E-state index is 11.3. The number of nitrogens with two attached hydrogens (primary N) is 1. The van der Waals surface area contributed by atoms with E-state index in [0.29, 0.717) is 17.5 Å². The average Bonchev–Trinajstić information content (AvgIpc) is 3.23. The third-order valence-electron chi connectivity index (χ3n) is 5.29. The number of aromatic carboxylic acids is 1. The number of nitrogens with zero attached hydrogens (tertiary/aromatic N) is 2. The molecule has 4 aromatic rings. The second-order valence-electron chi connectivity index (χ2n) is 8.16. The molecule has 2 aromatic heterocycles. The van der Waals surface area contributed by atoms with Gasteiger partial charge in [0.15, 0.2) is 5.69 Å². The van der Waals surface area contributed by atoms with Crippen molar-refractivity contribution in [1.29, 1.82) is 0 Å². The summed E-state index contributed by atoms with van der Waals surface area (Å²) in [6.45, 7) is 6.84. The summed E-state index contributed by atoms with van der Waals surface area (Å²) in [6, 6.07) is 14.5. The van der Waals surface area contributed by atoms with Crippen molar-refractivity contribution in [2.45, 2.75) is 33.7 Å². The Hall–Kier alpha value is -3.09. The molecule has 31 heavy (non-hydrogen) atoms. The number of aryl methyl sites for hydroxylation is 1. The van der Waals surface area contributed by atoms with Crippen molar-refractivity contribution in [2.75, 3.05) is 0 Å². The molecule has 0 atom stereocenters. The van der Waals surface area contributed by atoms with E-state index in [0.717, 1.165) is 45.3 Å². The Bertz CT molecular complexity index is 1260. The first-order valence-corrected chi connectivity index (χ1v) is 11.2. The smallest absolute Gasteiger partial charge is 0.355 e. The van der Waals surface area contributed by atoms with Crippen LogP contribution in [0, 0.1) is 12.8 Å². The van der Waals surface area contributed by atoms with Crippen molar-refractivity contribution in [3.63, 3.8) is 0 Å². The van der Waals surface area contributed by atoms with E-state index >= 15 is 0 Å². The molecule has 158 valence electrons. The van der Waals surface area contributed by atoms with Crippen LogP contribution in [0.15, 0.2) is 47.8 Å². The monoisotopic (exact) mass is 431 g/mol. The van der Waals surface area contributed by atoms with Gasteiger partial charge in [-0.1, -0.05) is 43.7 Å². The first-order chi connectivity index (χ1) is 14.9. The van der Waals surface area contributed by atoms with Gasteiger partial charge in [-0.2, -0.15) is 0 Å². The molecule has 0 saturated heterocycles. The zero-order valence-electron chi connectivity index (χ0n) is 17.8. The molecule has 6 heteroatoms. The molecule has 3 N–H and O–H groups in total. The molecule has 0 aliphatic heterocycles. The molecule has 5 nitrogen and oxygen atoms in total. The number of benzene rings is 2. The molecular formula is C25H25N3O2S. The lowest BCUT2D eigenvalue weighted by Crippen LogP contribution is -2.10. The van der Waals surface area contributed by atoms with Crippen molar-refractivity contribution in [2.24, 2.45) is 11.7 Å². The number of aromatic nitrogens is 2. The molecule has 0 saturated carbocycles. The molecule has 0 bridgehead atoms. The molecule has 0 unspecified atom stereocenters. The second kappa shape index (κ2) is 8.57. The molecule has 4 rings (SSSR count). The number of carboxylic acid groups (broad SMARTS) is 1. The lowest BCUT2D eigenvalue weighted by Gasteiger charge is -2.18. The standard InChI is InChI=1S/C25H25N3O2S/c1-14(2)10-21-19(12-26)23(16-6-4-15(3)5-7-16)18-11-17(8-9-20(18)27-21)24-28-22(13-31-24)25(29)30/h4-9,11,13-14H,10,12,26H2,1-3H3,(H,29,30). The van der Waals surface area contributed by atoms with E-state index in [4.69, 9.17) is 10.7 Å². The second-order valence-corrected chi connectivity index (χ2v) is 9.01. The SMILES string of the molecule is Cc1ccc(-c2c(CN)c(CC(C)C)nc3ccc(-c4nc(C(=O)O)cs4)cc23)cc1. The van der Waals surface area contributed by atoms with E-state index in [1.165, 1.54) is 16.9 Å². The van der Waals surface area contributed by atoms with Crippen LogP contribution < -0.4 is 5.73 Å². The van der Waals surface area contributed by atoms with Gasteiger partial charge in [0.25, 0.3) is 0 Å². The summed E-state index contributed by atoms with van der Waals surface area (Å²) in [7, 11) is 0. The van der Waals surface area contributed by atoms with Crippen LogP contribution in [0.4, 0.5) is 0 Å². The molecule has 0 aliphatic rings. The number of hydrogen-bond donors (Lipinski definition) is 2. The molecule has 0 spiro atoms. The maximum Gasteiger partial charge on any atom is 0.355 e. The minimum atomic E-state index is -1.02. The minimum absolute atomic E-state index is 0.0620. The van der Waals surface area contributed by atoms with Gasteiger partial charge in [0.2, 0.25) is 0 Å². The molecule has 2 aromatic carbocycles. The van der Waals surface area contributed by atoms with Crippen LogP contribution in [0.5, 0.6) is 0 Å².